The van der Waals surface area contributed by atoms with E-state index in [4.69, 9.17) is 4.74 Å². The number of likely N-dealkylation sites (N-methyl/N-ethyl adjacent to an activating group) is 6. The van der Waals surface area contributed by atoms with Crippen molar-refractivity contribution in [2.24, 2.45) is 35.5 Å². The van der Waals surface area contributed by atoms with Crippen LogP contribution in [0.2, 0.25) is 0 Å². The maximum Gasteiger partial charge on any atom is 0.246 e. The van der Waals surface area contributed by atoms with Crippen LogP contribution in [0.25, 0.3) is 0 Å². The number of nitrogens with zero attached hydrogens (tertiary/aromatic N) is 7. The van der Waals surface area contributed by atoms with E-state index in [1.165, 1.54) is 86.7 Å². The highest BCUT2D eigenvalue weighted by atomic mass is 16.5. The van der Waals surface area contributed by atoms with E-state index in [1.54, 1.807) is 74.5 Å². The predicted octanol–water partition coefficient (Wildman–Crippen LogP) is 3.20. The topological polar surface area (TPSA) is 288 Å². The van der Waals surface area contributed by atoms with Gasteiger partial charge in [-0.05, 0) is 89.4 Å². The van der Waals surface area contributed by atoms with Crippen molar-refractivity contribution in [2.45, 2.75) is 222 Å². The molecular weight excluding hydrogens is 1130 g/mol. The SMILES string of the molecule is C=CCO[C@H](C)C1C(=O)N[C@@H](C(C)C)C(=O)N(C)[C@@H](CC(C)C)C(=O)N[C@@H](C)C(=O)N[C@H](C)C(=O)N(C)[C@@H](CC(C)C)C(=O)N(C)[C@@H](CC(C)C)C(=O)N(C)[C@@H](C(C)C)C(=O)N(C)[C@@H]([C@H](O)[C@H](C)/C=C/C)C(=O)N[C@@H](CC)C(=O)N(CCC)CC(=O)N1C. The van der Waals surface area contributed by atoms with Crippen LogP contribution in [0.5, 0.6) is 0 Å². The van der Waals surface area contributed by atoms with Crippen molar-refractivity contribution >= 4 is 65.0 Å². The number of allylic oxidation sites excluding steroid dienone is 1. The summed E-state index contributed by atoms with van der Waals surface area (Å²) in [5.41, 5.74) is 0. The van der Waals surface area contributed by atoms with E-state index in [0.29, 0.717) is 6.42 Å². The number of amides is 11. The molecule has 0 aromatic carbocycles. The Hall–Kier alpha value is -6.43. The molecule has 24 nitrogen and oxygen atoms in total. The van der Waals surface area contributed by atoms with Crippen LogP contribution >= 0.6 is 0 Å². The minimum absolute atomic E-state index is 0.000294. The molecule has 502 valence electrons. The van der Waals surface area contributed by atoms with Gasteiger partial charge < -0.3 is 65.4 Å². The van der Waals surface area contributed by atoms with Crippen LogP contribution in [-0.2, 0) is 57.5 Å². The normalized spacial score (nSPS) is 26.6. The predicted molar refractivity (Wildman–Crippen MR) is 339 cm³/mol. The first-order chi connectivity index (χ1) is 40.8. The Balaban J connectivity index is 4.43. The third kappa shape index (κ3) is 22.0. The molecule has 0 aromatic heterocycles. The maximum absolute atomic E-state index is 15.2. The first-order valence-electron chi connectivity index (χ1n) is 31.4. The Bertz CT molecular complexity index is 2420. The molecule has 24 heteroatoms. The lowest BCUT2D eigenvalue weighted by Crippen LogP contribution is -2.63. The van der Waals surface area contributed by atoms with Gasteiger partial charge in [0.05, 0.1) is 25.4 Å². The Morgan fingerprint density at radius 3 is 1.47 bits per heavy atom. The van der Waals surface area contributed by atoms with Gasteiger partial charge in [-0.3, -0.25) is 52.7 Å². The number of carbonyl (C=O) groups is 11. The molecule has 1 unspecified atom stereocenters. The summed E-state index contributed by atoms with van der Waals surface area (Å²) in [4.78, 5) is 170. The summed E-state index contributed by atoms with van der Waals surface area (Å²) in [6.45, 7) is 32.4. The molecule has 0 aromatic rings. The van der Waals surface area contributed by atoms with Crippen LogP contribution < -0.4 is 21.3 Å². The van der Waals surface area contributed by atoms with E-state index in [2.05, 4.69) is 27.8 Å². The number of hydrogen-bond acceptors (Lipinski definition) is 13. The number of carbonyl (C=O) groups excluding carboxylic acids is 11. The Morgan fingerprint density at radius 1 is 0.534 bits per heavy atom. The second kappa shape index (κ2) is 36.9. The average molecular weight is 1240 g/mol. The molecule has 0 aliphatic carbocycles. The van der Waals surface area contributed by atoms with E-state index < -0.39 is 162 Å². The molecule has 0 bridgehead atoms. The number of hydrogen-bond donors (Lipinski definition) is 5. The van der Waals surface area contributed by atoms with Crippen LogP contribution in [0.3, 0.4) is 0 Å². The van der Waals surface area contributed by atoms with Crippen LogP contribution in [0.4, 0.5) is 0 Å². The summed E-state index contributed by atoms with van der Waals surface area (Å²) in [5.74, 6) is -10.2. The maximum atomic E-state index is 15.2. The van der Waals surface area contributed by atoms with E-state index in [1.807, 2.05) is 41.5 Å². The summed E-state index contributed by atoms with van der Waals surface area (Å²) in [5, 5.41) is 23.0. The van der Waals surface area contributed by atoms with Gasteiger partial charge in [-0.15, -0.1) is 6.58 Å². The van der Waals surface area contributed by atoms with Gasteiger partial charge in [-0.2, -0.15) is 0 Å². The van der Waals surface area contributed by atoms with Gasteiger partial charge in [-0.25, -0.2) is 0 Å². The van der Waals surface area contributed by atoms with Gasteiger partial charge in [0.2, 0.25) is 65.0 Å². The molecule has 1 rings (SSSR count). The van der Waals surface area contributed by atoms with Crippen molar-refractivity contribution in [2.75, 3.05) is 62.0 Å². The van der Waals surface area contributed by atoms with Gasteiger partial charge >= 0.3 is 0 Å². The quantitative estimate of drug-likeness (QED) is 0.124. The van der Waals surface area contributed by atoms with Crippen molar-refractivity contribution in [3.05, 3.63) is 24.8 Å². The van der Waals surface area contributed by atoms with Crippen molar-refractivity contribution in [3.63, 3.8) is 0 Å². The summed E-state index contributed by atoms with van der Waals surface area (Å²) < 4.78 is 5.94. The van der Waals surface area contributed by atoms with Gasteiger partial charge in [-0.1, -0.05) is 108 Å². The third-order valence-electron chi connectivity index (χ3n) is 16.3. The Morgan fingerprint density at radius 2 is 1.00 bits per heavy atom. The van der Waals surface area contributed by atoms with Crippen molar-refractivity contribution in [3.8, 4) is 0 Å². The highest BCUT2D eigenvalue weighted by Crippen LogP contribution is 2.25. The molecule has 0 spiro atoms. The van der Waals surface area contributed by atoms with E-state index >= 15 is 9.59 Å². The highest BCUT2D eigenvalue weighted by Gasteiger charge is 2.46. The average Bonchev–Trinajstić information content (AvgIpc) is 2.15. The monoisotopic (exact) mass is 1240 g/mol. The van der Waals surface area contributed by atoms with Crippen molar-refractivity contribution in [1.82, 2.24) is 55.6 Å². The lowest BCUT2D eigenvalue weighted by Gasteiger charge is -2.41. The minimum atomic E-state index is -1.65. The fourth-order valence-electron chi connectivity index (χ4n) is 11.1. The zero-order chi connectivity index (χ0) is 68.1. The molecule has 1 aliphatic heterocycles. The molecule has 1 fully saturated rings. The largest absolute Gasteiger partial charge is 0.390 e. The molecule has 11 amide bonds. The molecule has 1 aliphatic rings. The molecule has 88 heavy (non-hydrogen) atoms. The highest BCUT2D eigenvalue weighted by molar-refractivity contribution is 5.99. The Labute approximate surface area is 526 Å². The smallest absolute Gasteiger partial charge is 0.246 e. The standard InChI is InChI=1S/C64H113N11O13/c1-25-29-41(15)54(77)53-58(81)67-45(28-4)60(83)75(30-26-2)35-49(76)72(22)52(44(18)88-31-27-3)57(80)68-50(39(11)12)63(86)69(19)46(32-36(5)6)56(79)65-42(16)55(78)66-43(17)59(82)70(20)47(33-37(7)8)61(84)71(21)48(34-38(9)10)62(85)73(23)51(40(13)14)64(87)74(53)24/h25,27,29,36-48,50-54,77H,3,26,28,30-35H2,1-2,4-24H3,(H,65,79)(H,66,78)(H,67,81)(H,68,80)/b29-25+/t41-,42+,43-,44-,45+,46+,47+,48+,50+,51+,52?,53+,54-/m1/s1. The summed E-state index contributed by atoms with van der Waals surface area (Å²) in [6, 6.07) is -12.9. The first kappa shape index (κ1) is 79.6. The third-order valence-corrected chi connectivity index (χ3v) is 16.3. The number of aliphatic hydroxyl groups excluding tert-OH is 1. The van der Waals surface area contributed by atoms with Gasteiger partial charge in [0.1, 0.15) is 60.4 Å². The first-order valence-corrected chi connectivity index (χ1v) is 31.4. The lowest BCUT2D eigenvalue weighted by molar-refractivity contribution is -0.157. The lowest BCUT2D eigenvalue weighted by atomic mass is 9.93. The van der Waals surface area contributed by atoms with Gasteiger partial charge in [0, 0.05) is 54.7 Å². The molecule has 0 radical (unpaired) electrons. The van der Waals surface area contributed by atoms with Gasteiger partial charge in [0.15, 0.2) is 0 Å². The second-order valence-electron chi connectivity index (χ2n) is 25.9. The van der Waals surface area contributed by atoms with E-state index in [9.17, 15) is 48.3 Å². The summed E-state index contributed by atoms with van der Waals surface area (Å²) >= 11 is 0. The summed E-state index contributed by atoms with van der Waals surface area (Å²) in [7, 11) is 8.43. The number of aliphatic hydroxyl groups is 1. The number of nitrogens with one attached hydrogen (secondary N) is 4. The fourth-order valence-corrected chi connectivity index (χ4v) is 11.1. The number of rotatable bonds is 18. The molecule has 5 N–H and O–H groups in total. The molecule has 13 atom stereocenters. The Kier molecular flexibility index (Phi) is 33.4. The zero-order valence-electron chi connectivity index (χ0n) is 57.5. The zero-order valence-corrected chi connectivity index (χ0v) is 57.5. The molecule has 1 heterocycles. The van der Waals surface area contributed by atoms with Crippen LogP contribution in [0.15, 0.2) is 24.8 Å². The van der Waals surface area contributed by atoms with Crippen LogP contribution in [-0.4, -0.2) is 239 Å². The van der Waals surface area contributed by atoms with Crippen LogP contribution in [0, 0.1) is 35.5 Å². The van der Waals surface area contributed by atoms with E-state index in [-0.39, 0.29) is 56.6 Å². The van der Waals surface area contributed by atoms with Crippen LogP contribution in [0.1, 0.15) is 150 Å². The second-order valence-corrected chi connectivity index (χ2v) is 25.9. The molecule has 0 saturated carbocycles. The van der Waals surface area contributed by atoms with Crippen molar-refractivity contribution < 1.29 is 62.6 Å². The summed E-state index contributed by atoms with van der Waals surface area (Å²) in [6.07, 6.45) is 3.00. The molecule has 1 saturated heterocycles. The molecular formula is C64H113N11O13. The van der Waals surface area contributed by atoms with E-state index in [0.717, 1.165) is 9.80 Å². The minimum Gasteiger partial charge on any atom is -0.390 e. The van der Waals surface area contributed by atoms with Gasteiger partial charge in [0.25, 0.3) is 0 Å². The van der Waals surface area contributed by atoms with Crippen molar-refractivity contribution in [1.29, 1.82) is 0 Å². The number of ether oxygens (including phenoxy) is 1. The fraction of sp³-hybridized carbons (Fsp3) is 0.766.